The predicted octanol–water partition coefficient (Wildman–Crippen LogP) is 4.16. The van der Waals surface area contributed by atoms with Crippen molar-refractivity contribution in [2.45, 2.75) is 6.92 Å². The number of benzene rings is 2. The van der Waals surface area contributed by atoms with Gasteiger partial charge < -0.3 is 14.9 Å². The molecular formula is C15H13BrN2O2. The van der Waals surface area contributed by atoms with Crippen LogP contribution in [0.5, 0.6) is 5.75 Å². The number of aryl methyl sites for hydroxylation is 1. The van der Waals surface area contributed by atoms with Gasteiger partial charge >= 0.3 is 0 Å². The number of anilines is 1. The number of halogens is 1. The molecule has 3 rings (SSSR count). The fourth-order valence-electron chi connectivity index (χ4n) is 2.11. The van der Waals surface area contributed by atoms with Crippen molar-refractivity contribution in [3.05, 3.63) is 40.4 Å². The summed E-state index contributed by atoms with van der Waals surface area (Å²) >= 11 is 3.49. The molecule has 20 heavy (non-hydrogen) atoms. The van der Waals surface area contributed by atoms with Crippen molar-refractivity contribution in [3.63, 3.8) is 0 Å². The van der Waals surface area contributed by atoms with Gasteiger partial charge in [0.25, 0.3) is 0 Å². The summed E-state index contributed by atoms with van der Waals surface area (Å²) < 4.78 is 11.9. The number of hydrogen-bond donors (Lipinski definition) is 1. The Hall–Kier alpha value is -2.01. The zero-order valence-electron chi connectivity index (χ0n) is 11.1. The van der Waals surface area contributed by atoms with Crippen LogP contribution in [0.15, 0.2) is 39.2 Å². The Kier molecular flexibility index (Phi) is 3.14. The first-order valence-electron chi connectivity index (χ1n) is 6.09. The molecule has 2 N–H and O–H groups in total. The van der Waals surface area contributed by atoms with E-state index in [2.05, 4.69) is 20.9 Å². The normalized spacial score (nSPS) is 10.9. The van der Waals surface area contributed by atoms with Crippen LogP contribution in [0, 0.1) is 6.92 Å². The number of hydrogen-bond acceptors (Lipinski definition) is 4. The number of ether oxygens (including phenoxy) is 1. The highest BCUT2D eigenvalue weighted by molar-refractivity contribution is 9.10. The summed E-state index contributed by atoms with van der Waals surface area (Å²) in [6.07, 6.45) is 0. The minimum Gasteiger partial charge on any atom is -0.495 e. The highest BCUT2D eigenvalue weighted by Crippen LogP contribution is 2.33. The van der Waals surface area contributed by atoms with E-state index in [4.69, 9.17) is 14.9 Å². The molecule has 0 atom stereocenters. The Morgan fingerprint density at radius 3 is 2.75 bits per heavy atom. The quantitative estimate of drug-likeness (QED) is 0.716. The van der Waals surface area contributed by atoms with Gasteiger partial charge in [-0.05, 0) is 58.7 Å². The maximum Gasteiger partial charge on any atom is 0.227 e. The second kappa shape index (κ2) is 4.83. The number of nitrogens with two attached hydrogens (primary N) is 1. The first kappa shape index (κ1) is 13.0. The van der Waals surface area contributed by atoms with Gasteiger partial charge in [0.15, 0.2) is 5.58 Å². The Balaban J connectivity index is 2.15. The second-order valence-corrected chi connectivity index (χ2v) is 5.43. The van der Waals surface area contributed by atoms with Crippen LogP contribution in [0.3, 0.4) is 0 Å². The first-order valence-corrected chi connectivity index (χ1v) is 6.88. The summed E-state index contributed by atoms with van der Waals surface area (Å²) in [5.41, 5.74) is 9.98. The monoisotopic (exact) mass is 332 g/mol. The van der Waals surface area contributed by atoms with Crippen LogP contribution in [0.25, 0.3) is 22.6 Å². The Morgan fingerprint density at radius 1 is 1.25 bits per heavy atom. The maximum absolute atomic E-state index is 5.91. The van der Waals surface area contributed by atoms with E-state index in [1.54, 1.807) is 19.2 Å². The molecule has 3 aromatic rings. The van der Waals surface area contributed by atoms with E-state index in [1.807, 2.05) is 25.1 Å². The summed E-state index contributed by atoms with van der Waals surface area (Å²) in [6, 6.07) is 9.46. The fourth-order valence-corrected chi connectivity index (χ4v) is 2.76. The van der Waals surface area contributed by atoms with Crippen molar-refractivity contribution in [3.8, 4) is 17.2 Å². The average molecular weight is 333 g/mol. The summed E-state index contributed by atoms with van der Waals surface area (Å²) in [5.74, 6) is 1.18. The first-order chi connectivity index (χ1) is 9.58. The summed E-state index contributed by atoms with van der Waals surface area (Å²) in [5, 5.41) is 0. The number of aromatic nitrogens is 1. The number of nitrogen functional groups attached to an aromatic ring is 1. The molecule has 0 aliphatic heterocycles. The van der Waals surface area contributed by atoms with Gasteiger partial charge in [-0.25, -0.2) is 4.98 Å². The summed E-state index contributed by atoms with van der Waals surface area (Å²) in [4.78, 5) is 4.51. The summed E-state index contributed by atoms with van der Waals surface area (Å²) in [7, 11) is 1.59. The van der Waals surface area contributed by atoms with Gasteiger partial charge in [-0.2, -0.15) is 0 Å². The van der Waals surface area contributed by atoms with Crippen molar-refractivity contribution in [1.82, 2.24) is 4.98 Å². The van der Waals surface area contributed by atoms with E-state index in [9.17, 15) is 0 Å². The molecule has 0 radical (unpaired) electrons. The average Bonchev–Trinajstić information content (AvgIpc) is 2.82. The molecule has 4 nitrogen and oxygen atoms in total. The molecule has 1 heterocycles. The zero-order valence-corrected chi connectivity index (χ0v) is 12.7. The molecule has 102 valence electrons. The third-order valence-corrected chi connectivity index (χ3v) is 3.65. The Labute approximate surface area is 124 Å². The molecule has 5 heteroatoms. The highest BCUT2D eigenvalue weighted by atomic mass is 79.9. The van der Waals surface area contributed by atoms with Crippen LogP contribution in [0.1, 0.15) is 5.56 Å². The van der Waals surface area contributed by atoms with Crippen LogP contribution in [-0.2, 0) is 0 Å². The van der Waals surface area contributed by atoms with Crippen LogP contribution >= 0.6 is 15.9 Å². The third-order valence-electron chi connectivity index (χ3n) is 3.07. The van der Waals surface area contributed by atoms with Crippen LogP contribution in [0.4, 0.5) is 5.69 Å². The molecule has 0 spiro atoms. The molecular weight excluding hydrogens is 320 g/mol. The van der Waals surface area contributed by atoms with Gasteiger partial charge in [-0.1, -0.05) is 0 Å². The predicted molar refractivity (Wildman–Crippen MR) is 82.8 cm³/mol. The SMILES string of the molecule is COc1ccc(-c2nc3cc(C)cc(Br)c3o2)cc1N. The van der Waals surface area contributed by atoms with Crippen molar-refractivity contribution in [1.29, 1.82) is 0 Å². The minimum atomic E-state index is 0.542. The van der Waals surface area contributed by atoms with Gasteiger partial charge in [-0.3, -0.25) is 0 Å². The molecule has 0 aliphatic rings. The maximum atomic E-state index is 5.91. The largest absolute Gasteiger partial charge is 0.495 e. The van der Waals surface area contributed by atoms with E-state index in [1.165, 1.54) is 0 Å². The number of nitrogens with zero attached hydrogens (tertiary/aromatic N) is 1. The van der Waals surface area contributed by atoms with Crippen LogP contribution in [-0.4, -0.2) is 12.1 Å². The molecule has 1 aromatic heterocycles. The van der Waals surface area contributed by atoms with Crippen LogP contribution in [0.2, 0.25) is 0 Å². The molecule has 2 aromatic carbocycles. The molecule has 0 amide bonds. The lowest BCUT2D eigenvalue weighted by Crippen LogP contribution is -1.92. The van der Waals surface area contributed by atoms with Gasteiger partial charge in [-0.15, -0.1) is 0 Å². The highest BCUT2D eigenvalue weighted by Gasteiger charge is 2.12. The van der Waals surface area contributed by atoms with Crippen molar-refractivity contribution in [2.75, 3.05) is 12.8 Å². The van der Waals surface area contributed by atoms with Crippen LogP contribution < -0.4 is 10.5 Å². The zero-order chi connectivity index (χ0) is 14.3. The lowest BCUT2D eigenvalue weighted by Gasteiger charge is -2.04. The molecule has 0 unspecified atom stereocenters. The number of fused-ring (bicyclic) bond motifs is 1. The summed E-state index contributed by atoms with van der Waals surface area (Å²) in [6.45, 7) is 2.02. The Morgan fingerprint density at radius 2 is 2.05 bits per heavy atom. The van der Waals surface area contributed by atoms with E-state index in [-0.39, 0.29) is 0 Å². The second-order valence-electron chi connectivity index (χ2n) is 4.57. The van der Waals surface area contributed by atoms with E-state index in [0.29, 0.717) is 17.3 Å². The van der Waals surface area contributed by atoms with E-state index in [0.717, 1.165) is 26.7 Å². The van der Waals surface area contributed by atoms with Crippen molar-refractivity contribution < 1.29 is 9.15 Å². The van der Waals surface area contributed by atoms with Gasteiger partial charge in [0.1, 0.15) is 11.3 Å². The van der Waals surface area contributed by atoms with E-state index < -0.39 is 0 Å². The van der Waals surface area contributed by atoms with Crippen molar-refractivity contribution in [2.24, 2.45) is 0 Å². The standard InChI is InChI=1S/C15H13BrN2O2/c1-8-5-10(16)14-12(6-8)18-15(20-14)9-3-4-13(19-2)11(17)7-9/h3-7H,17H2,1-2H3. The lowest BCUT2D eigenvalue weighted by molar-refractivity contribution is 0.417. The molecule has 0 saturated heterocycles. The smallest absolute Gasteiger partial charge is 0.227 e. The van der Waals surface area contributed by atoms with Gasteiger partial charge in [0.2, 0.25) is 5.89 Å². The lowest BCUT2D eigenvalue weighted by atomic mass is 10.2. The van der Waals surface area contributed by atoms with Gasteiger partial charge in [0.05, 0.1) is 17.3 Å². The van der Waals surface area contributed by atoms with Crippen molar-refractivity contribution >= 4 is 32.7 Å². The minimum absolute atomic E-state index is 0.542. The van der Waals surface area contributed by atoms with E-state index >= 15 is 0 Å². The third kappa shape index (κ3) is 2.14. The number of oxazole rings is 1. The Bertz CT molecular complexity index is 796. The fraction of sp³-hybridized carbons (Fsp3) is 0.133. The molecule has 0 bridgehead atoms. The molecule has 0 fully saturated rings. The number of methoxy groups -OCH3 is 1. The number of rotatable bonds is 2. The molecule has 0 saturated carbocycles. The topological polar surface area (TPSA) is 61.3 Å². The van der Waals surface area contributed by atoms with Gasteiger partial charge in [0, 0.05) is 5.56 Å². The molecule has 0 aliphatic carbocycles.